The van der Waals surface area contributed by atoms with Gasteiger partial charge in [0.25, 0.3) is 0 Å². The minimum atomic E-state index is -2.22. The van der Waals surface area contributed by atoms with Gasteiger partial charge in [0.2, 0.25) is 5.79 Å². The van der Waals surface area contributed by atoms with Crippen molar-refractivity contribution in [3.05, 3.63) is 0 Å². The number of hydrogen-bond acceptors (Lipinski definition) is 33. The minimum Gasteiger partial charge on any atom is -0.394 e. The molecule has 0 spiro atoms. The maximum absolute atomic E-state index is 10.00. The van der Waals surface area contributed by atoms with Gasteiger partial charge in [-0.2, -0.15) is 0 Å². The standard InChI is InChI=1S/3C12H22O11/c13-1-4-6(16)8(18)9(19)11(21-4)23-12(3-15)10(20)7(17)5(2-14)22-12;2*13-1-3-5(15)6(16)9(19)12(22-3)23-10-4(2-14)21-11(20)8(18)7(10)17/h4-11,13-20H,1-3H2;2*3-20H,1-2H2/t4-,5-,6-,7-,8+,9-,10+,11-,12+;2*3-,4-,5+,6+,7-,8-,9-,10-,11-,12+/m111/s1. The van der Waals surface area contributed by atoms with E-state index in [-0.39, 0.29) is 0 Å². The van der Waals surface area contributed by atoms with Crippen molar-refractivity contribution in [2.75, 3.05) is 46.2 Å². The molecule has 6 rings (SSSR count). The highest BCUT2D eigenvalue weighted by Gasteiger charge is 2.59. The molecule has 0 aromatic carbocycles. The molecule has 6 fully saturated rings. The predicted molar refractivity (Wildman–Crippen MR) is 206 cm³/mol. The van der Waals surface area contributed by atoms with Gasteiger partial charge >= 0.3 is 0 Å². The zero-order valence-electron chi connectivity index (χ0n) is 36.0. The molecule has 24 N–H and O–H groups in total. The Bertz CT molecular complexity index is 1420. The van der Waals surface area contributed by atoms with E-state index in [0.29, 0.717) is 0 Å². The molecule has 0 amide bonds. The van der Waals surface area contributed by atoms with Gasteiger partial charge in [-0.15, -0.1) is 0 Å². The third kappa shape index (κ3) is 13.1. The molecule has 33 nitrogen and oxygen atoms in total. The molecule has 6 saturated heterocycles. The average Bonchev–Trinajstić information content (AvgIpc) is 3.59. The first-order valence-electron chi connectivity index (χ1n) is 21.2. The average molecular weight is 1030 g/mol. The minimum absolute atomic E-state index is 0.667. The fourth-order valence-electron chi connectivity index (χ4n) is 7.77. The summed E-state index contributed by atoms with van der Waals surface area (Å²) in [5.74, 6) is -2.22. The lowest BCUT2D eigenvalue weighted by Gasteiger charge is -2.45. The van der Waals surface area contributed by atoms with Crippen molar-refractivity contribution in [3.8, 4) is 0 Å². The third-order valence-corrected chi connectivity index (χ3v) is 12.0. The van der Waals surface area contributed by atoms with E-state index in [1.54, 1.807) is 0 Å². The molecule has 0 saturated carbocycles. The first-order valence-corrected chi connectivity index (χ1v) is 21.2. The fourth-order valence-corrected chi connectivity index (χ4v) is 7.77. The van der Waals surface area contributed by atoms with Gasteiger partial charge in [0.1, 0.15) is 147 Å². The van der Waals surface area contributed by atoms with Gasteiger partial charge in [-0.3, -0.25) is 0 Å². The third-order valence-electron chi connectivity index (χ3n) is 12.0. The SMILES string of the molecule is OC[C@H]1O[C@@H](O[C@H]2[C@H](O)[C@@H](O)[C@H](O)O[C@@H]2CO)[C@H](O)[C@@H](O)[C@H]1O.OC[C@H]1O[C@@H](O[C@H]2[C@H](O)[C@@H](O)[C@H](O)O[C@@H]2CO)[C@H](O)[C@@H](O)[C@H]1O.OC[C@H]1O[C@@](CO)(O[C@H]2O[C@H](CO)[C@@H](O)[C@H](O)[C@H]2O)[C@@H](O)[C@@H]1O. The summed E-state index contributed by atoms with van der Waals surface area (Å²) in [6, 6.07) is 0. The first kappa shape index (κ1) is 60.2. The van der Waals surface area contributed by atoms with Crippen LogP contribution in [-0.4, -0.2) is 346 Å². The van der Waals surface area contributed by atoms with Crippen LogP contribution in [0.15, 0.2) is 0 Å². The van der Waals surface area contributed by atoms with Crippen molar-refractivity contribution in [1.82, 2.24) is 0 Å². The van der Waals surface area contributed by atoms with Crippen molar-refractivity contribution in [2.24, 2.45) is 0 Å². The predicted octanol–water partition coefficient (Wildman–Crippen LogP) is -16.2. The van der Waals surface area contributed by atoms with Crippen LogP contribution in [0.1, 0.15) is 0 Å². The molecular formula is C36H66O33. The Kier molecular flexibility index (Phi) is 22.9. The molecule has 0 aromatic heterocycles. The first-order chi connectivity index (χ1) is 32.4. The van der Waals surface area contributed by atoms with Gasteiger partial charge in [0, 0.05) is 0 Å². The van der Waals surface area contributed by atoms with Crippen LogP contribution in [0.5, 0.6) is 0 Å². The molecule has 29 atom stereocenters. The second-order valence-electron chi connectivity index (χ2n) is 16.6. The molecule has 408 valence electrons. The van der Waals surface area contributed by atoms with Crippen molar-refractivity contribution in [3.63, 3.8) is 0 Å². The largest absolute Gasteiger partial charge is 0.394 e. The second kappa shape index (κ2) is 26.3. The van der Waals surface area contributed by atoms with E-state index in [9.17, 15) is 102 Å². The van der Waals surface area contributed by atoms with Crippen molar-refractivity contribution in [2.45, 2.75) is 178 Å². The van der Waals surface area contributed by atoms with Gasteiger partial charge in [-0.1, -0.05) is 0 Å². The molecule has 6 aliphatic rings. The zero-order chi connectivity index (χ0) is 52.0. The summed E-state index contributed by atoms with van der Waals surface area (Å²) < 4.78 is 46.0. The van der Waals surface area contributed by atoms with Crippen LogP contribution < -0.4 is 0 Å². The van der Waals surface area contributed by atoms with E-state index in [1.807, 2.05) is 0 Å². The molecule has 6 aliphatic heterocycles. The Morgan fingerprint density at radius 1 is 0.304 bits per heavy atom. The molecular weight excluding hydrogens is 960 g/mol. The fraction of sp³-hybridized carbons (Fsp3) is 1.00. The van der Waals surface area contributed by atoms with E-state index < -0.39 is 224 Å². The smallest absolute Gasteiger partial charge is 0.224 e. The van der Waals surface area contributed by atoms with Crippen molar-refractivity contribution >= 4 is 0 Å². The molecule has 33 heteroatoms. The highest BCUT2D eigenvalue weighted by molar-refractivity contribution is 4.99. The Balaban J connectivity index is 0.000000225. The van der Waals surface area contributed by atoms with Crippen molar-refractivity contribution < 1.29 is 165 Å². The Morgan fingerprint density at radius 2 is 0.623 bits per heavy atom. The zero-order valence-corrected chi connectivity index (χ0v) is 36.0. The molecule has 0 bridgehead atoms. The van der Waals surface area contributed by atoms with E-state index >= 15 is 0 Å². The molecule has 0 aromatic rings. The summed E-state index contributed by atoms with van der Waals surface area (Å²) in [4.78, 5) is 0. The summed E-state index contributed by atoms with van der Waals surface area (Å²) in [6.45, 7) is -5.01. The quantitative estimate of drug-likeness (QED) is 0.0814. The van der Waals surface area contributed by atoms with Crippen LogP contribution >= 0.6 is 0 Å². The number of aliphatic hydroxyl groups excluding tert-OH is 24. The Labute approximate surface area is 389 Å². The van der Waals surface area contributed by atoms with Crippen LogP contribution in [0, 0.1) is 0 Å². The summed E-state index contributed by atoms with van der Waals surface area (Å²) in [6.07, 6.45) is -43.8. The number of aliphatic hydroxyl groups is 24. The molecule has 0 unspecified atom stereocenters. The number of hydrogen-bond donors (Lipinski definition) is 24. The summed E-state index contributed by atoms with van der Waals surface area (Å²) in [5, 5.41) is 230. The number of rotatable bonds is 13. The van der Waals surface area contributed by atoms with Crippen LogP contribution in [0.4, 0.5) is 0 Å². The summed E-state index contributed by atoms with van der Waals surface area (Å²) in [7, 11) is 0. The summed E-state index contributed by atoms with van der Waals surface area (Å²) >= 11 is 0. The van der Waals surface area contributed by atoms with Gasteiger partial charge in [-0.25, -0.2) is 0 Å². The second-order valence-corrected chi connectivity index (χ2v) is 16.6. The maximum Gasteiger partial charge on any atom is 0.224 e. The topological polar surface area (TPSA) is 569 Å². The van der Waals surface area contributed by atoms with E-state index in [0.717, 1.165) is 0 Å². The van der Waals surface area contributed by atoms with Gasteiger partial charge < -0.3 is 165 Å². The molecule has 6 heterocycles. The highest BCUT2D eigenvalue weighted by Crippen LogP contribution is 2.36. The lowest BCUT2D eigenvalue weighted by atomic mass is 9.97. The number of ether oxygens (including phenoxy) is 9. The van der Waals surface area contributed by atoms with Crippen LogP contribution in [-0.2, 0) is 42.6 Å². The maximum atomic E-state index is 10.00. The lowest BCUT2D eigenvalue weighted by molar-refractivity contribution is -0.383. The van der Waals surface area contributed by atoms with Gasteiger partial charge in [0.15, 0.2) is 31.5 Å². The molecule has 0 radical (unpaired) electrons. The Morgan fingerprint density at radius 3 is 0.928 bits per heavy atom. The normalized spacial score (nSPS) is 51.5. The van der Waals surface area contributed by atoms with Crippen LogP contribution in [0.2, 0.25) is 0 Å². The van der Waals surface area contributed by atoms with Crippen molar-refractivity contribution in [1.29, 1.82) is 0 Å². The van der Waals surface area contributed by atoms with Gasteiger partial charge in [-0.05, 0) is 0 Å². The van der Waals surface area contributed by atoms with Crippen LogP contribution in [0.25, 0.3) is 0 Å². The monoisotopic (exact) mass is 1030 g/mol. The van der Waals surface area contributed by atoms with E-state index in [4.69, 9.17) is 63.1 Å². The highest BCUT2D eigenvalue weighted by atomic mass is 16.8. The van der Waals surface area contributed by atoms with E-state index in [2.05, 4.69) is 0 Å². The molecule has 69 heavy (non-hydrogen) atoms. The Hall–Kier alpha value is -1.32. The van der Waals surface area contributed by atoms with E-state index in [1.165, 1.54) is 0 Å². The summed E-state index contributed by atoms with van der Waals surface area (Å²) in [5.41, 5.74) is 0. The molecule has 0 aliphatic carbocycles. The van der Waals surface area contributed by atoms with Gasteiger partial charge in [0.05, 0.1) is 39.6 Å². The lowest BCUT2D eigenvalue weighted by Crippen LogP contribution is -2.64. The van der Waals surface area contributed by atoms with Crippen LogP contribution in [0.3, 0.4) is 0 Å².